The van der Waals surface area contributed by atoms with Gasteiger partial charge < -0.3 is 19.7 Å². The van der Waals surface area contributed by atoms with E-state index >= 15 is 0 Å². The number of nitrogens with one attached hydrogen (secondary N) is 1. The summed E-state index contributed by atoms with van der Waals surface area (Å²) in [5.74, 6) is -0.310. The monoisotopic (exact) mass is 351 g/mol. The summed E-state index contributed by atoms with van der Waals surface area (Å²) in [6.45, 7) is 3.23. The topological polar surface area (TPSA) is 88.2 Å². The Kier molecular flexibility index (Phi) is 4.19. The van der Waals surface area contributed by atoms with Gasteiger partial charge in [0.25, 0.3) is 5.91 Å². The first kappa shape index (κ1) is 16.8. The van der Waals surface area contributed by atoms with Gasteiger partial charge in [-0.3, -0.25) is 14.5 Å². The SMILES string of the molecule is CC1(C2CC2)NC(=O)N(CC(=O)N2CCCCC2C2OCCO2)C1=O. The van der Waals surface area contributed by atoms with Gasteiger partial charge in [-0.1, -0.05) is 0 Å². The van der Waals surface area contributed by atoms with Crippen molar-refractivity contribution in [3.05, 3.63) is 0 Å². The van der Waals surface area contributed by atoms with Crippen molar-refractivity contribution in [3.63, 3.8) is 0 Å². The van der Waals surface area contributed by atoms with E-state index in [-0.39, 0.29) is 30.3 Å². The normalized spacial score (nSPS) is 33.9. The first-order valence-electron chi connectivity index (χ1n) is 9.17. The zero-order chi connectivity index (χ0) is 17.6. The summed E-state index contributed by atoms with van der Waals surface area (Å²) in [6.07, 6.45) is 4.22. The van der Waals surface area contributed by atoms with Crippen LogP contribution >= 0.6 is 0 Å². The summed E-state index contributed by atoms with van der Waals surface area (Å²) in [4.78, 5) is 40.6. The maximum Gasteiger partial charge on any atom is 0.325 e. The van der Waals surface area contributed by atoms with Crippen molar-refractivity contribution >= 4 is 17.8 Å². The van der Waals surface area contributed by atoms with Crippen LogP contribution in [0.4, 0.5) is 4.79 Å². The Hall–Kier alpha value is -1.67. The van der Waals surface area contributed by atoms with E-state index in [0.29, 0.717) is 19.8 Å². The van der Waals surface area contributed by atoms with Crippen molar-refractivity contribution in [3.8, 4) is 0 Å². The summed E-state index contributed by atoms with van der Waals surface area (Å²) in [5, 5.41) is 2.78. The Morgan fingerprint density at radius 3 is 2.60 bits per heavy atom. The molecule has 3 aliphatic heterocycles. The number of carbonyl (C=O) groups excluding carboxylic acids is 3. The van der Waals surface area contributed by atoms with E-state index in [9.17, 15) is 14.4 Å². The minimum Gasteiger partial charge on any atom is -0.348 e. The van der Waals surface area contributed by atoms with Gasteiger partial charge in [-0.2, -0.15) is 0 Å². The number of amides is 4. The zero-order valence-electron chi connectivity index (χ0n) is 14.5. The van der Waals surface area contributed by atoms with Gasteiger partial charge in [0.2, 0.25) is 5.91 Å². The van der Waals surface area contributed by atoms with E-state index in [0.717, 1.165) is 37.0 Å². The van der Waals surface area contributed by atoms with Crippen molar-refractivity contribution < 1.29 is 23.9 Å². The molecule has 1 aliphatic carbocycles. The van der Waals surface area contributed by atoms with Gasteiger partial charge in [-0.25, -0.2) is 4.79 Å². The molecule has 4 rings (SSSR count). The Bertz CT molecular complexity index is 587. The largest absolute Gasteiger partial charge is 0.348 e. The number of imide groups is 1. The summed E-state index contributed by atoms with van der Waals surface area (Å²) in [5.41, 5.74) is -0.851. The Balaban J connectivity index is 1.45. The van der Waals surface area contributed by atoms with Gasteiger partial charge in [-0.15, -0.1) is 0 Å². The molecule has 3 heterocycles. The highest BCUT2D eigenvalue weighted by molar-refractivity contribution is 6.09. The summed E-state index contributed by atoms with van der Waals surface area (Å²) in [7, 11) is 0. The molecule has 2 unspecified atom stereocenters. The predicted octanol–water partition coefficient (Wildman–Crippen LogP) is 0.461. The third-order valence-corrected chi connectivity index (χ3v) is 5.82. The molecule has 25 heavy (non-hydrogen) atoms. The Morgan fingerprint density at radius 1 is 1.20 bits per heavy atom. The molecule has 2 atom stereocenters. The molecule has 4 aliphatic rings. The van der Waals surface area contributed by atoms with Gasteiger partial charge in [0.05, 0.1) is 19.3 Å². The maximum absolute atomic E-state index is 12.8. The lowest BCUT2D eigenvalue weighted by atomic mass is 9.96. The van der Waals surface area contributed by atoms with Gasteiger partial charge in [0, 0.05) is 6.54 Å². The van der Waals surface area contributed by atoms with Crippen LogP contribution in [-0.4, -0.2) is 71.8 Å². The number of piperidine rings is 1. The molecule has 3 saturated heterocycles. The first-order chi connectivity index (χ1) is 12.0. The maximum atomic E-state index is 12.8. The second kappa shape index (κ2) is 6.25. The van der Waals surface area contributed by atoms with Gasteiger partial charge in [0.15, 0.2) is 6.29 Å². The minimum absolute atomic E-state index is 0.140. The summed E-state index contributed by atoms with van der Waals surface area (Å²) < 4.78 is 11.2. The van der Waals surface area contributed by atoms with E-state index in [4.69, 9.17) is 9.47 Å². The highest BCUT2D eigenvalue weighted by Gasteiger charge is 2.56. The lowest BCUT2D eigenvalue weighted by Crippen LogP contribution is -2.53. The highest BCUT2D eigenvalue weighted by atomic mass is 16.7. The third kappa shape index (κ3) is 2.91. The molecule has 0 radical (unpaired) electrons. The smallest absolute Gasteiger partial charge is 0.325 e. The predicted molar refractivity (Wildman–Crippen MR) is 86.4 cm³/mol. The number of nitrogens with zero attached hydrogens (tertiary/aromatic N) is 2. The van der Waals surface area contributed by atoms with Crippen LogP contribution in [0.25, 0.3) is 0 Å². The molecule has 1 saturated carbocycles. The van der Waals surface area contributed by atoms with Crippen LogP contribution in [-0.2, 0) is 19.1 Å². The molecule has 0 aromatic heterocycles. The van der Waals surface area contributed by atoms with E-state index in [2.05, 4.69) is 5.32 Å². The molecule has 4 amide bonds. The van der Waals surface area contributed by atoms with Crippen molar-refractivity contribution in [2.75, 3.05) is 26.3 Å². The lowest BCUT2D eigenvalue weighted by Gasteiger charge is -2.38. The molecule has 138 valence electrons. The van der Waals surface area contributed by atoms with Crippen LogP contribution in [0.2, 0.25) is 0 Å². The Labute approximate surface area is 146 Å². The fourth-order valence-electron chi connectivity index (χ4n) is 4.17. The molecular formula is C17H25N3O5. The number of hydrogen-bond acceptors (Lipinski definition) is 5. The standard InChI is InChI=1S/C17H25N3O5/c1-17(11-5-6-11)15(22)20(16(23)18-17)10-13(21)19-7-3-2-4-12(19)14-24-8-9-25-14/h11-12,14H,2-10H2,1H3,(H,18,23). The van der Waals surface area contributed by atoms with Crippen LogP contribution in [0.3, 0.4) is 0 Å². The van der Waals surface area contributed by atoms with Crippen molar-refractivity contribution in [2.45, 2.75) is 56.9 Å². The molecule has 0 aromatic carbocycles. The first-order valence-corrected chi connectivity index (χ1v) is 9.17. The second-order valence-electron chi connectivity index (χ2n) is 7.56. The Morgan fingerprint density at radius 2 is 1.92 bits per heavy atom. The summed E-state index contributed by atoms with van der Waals surface area (Å²) in [6, 6.07) is -0.603. The zero-order valence-corrected chi connectivity index (χ0v) is 14.5. The fourth-order valence-corrected chi connectivity index (χ4v) is 4.17. The second-order valence-corrected chi connectivity index (χ2v) is 7.56. The average molecular weight is 351 g/mol. The number of urea groups is 1. The lowest BCUT2D eigenvalue weighted by molar-refractivity contribution is -0.153. The molecule has 0 aromatic rings. The van der Waals surface area contributed by atoms with Crippen LogP contribution in [0, 0.1) is 5.92 Å². The average Bonchev–Trinajstić information content (AvgIpc) is 3.29. The van der Waals surface area contributed by atoms with Crippen molar-refractivity contribution in [1.29, 1.82) is 0 Å². The van der Waals surface area contributed by atoms with E-state index in [1.54, 1.807) is 11.8 Å². The molecule has 8 heteroatoms. The molecule has 0 spiro atoms. The van der Waals surface area contributed by atoms with Crippen molar-refractivity contribution in [1.82, 2.24) is 15.1 Å². The molecule has 1 N–H and O–H groups in total. The number of likely N-dealkylation sites (tertiary alicyclic amines) is 1. The van der Waals surface area contributed by atoms with E-state index in [1.165, 1.54) is 0 Å². The molecule has 4 fully saturated rings. The van der Waals surface area contributed by atoms with E-state index < -0.39 is 17.9 Å². The van der Waals surface area contributed by atoms with E-state index in [1.807, 2.05) is 0 Å². The van der Waals surface area contributed by atoms with Gasteiger partial charge in [0.1, 0.15) is 12.1 Å². The van der Waals surface area contributed by atoms with Crippen LogP contribution < -0.4 is 5.32 Å². The minimum atomic E-state index is -0.851. The fraction of sp³-hybridized carbons (Fsp3) is 0.824. The number of hydrogen-bond donors (Lipinski definition) is 1. The van der Waals surface area contributed by atoms with Gasteiger partial charge >= 0.3 is 6.03 Å². The summed E-state index contributed by atoms with van der Waals surface area (Å²) >= 11 is 0. The molecule has 0 bridgehead atoms. The third-order valence-electron chi connectivity index (χ3n) is 5.82. The number of rotatable bonds is 4. The quantitative estimate of drug-likeness (QED) is 0.744. The molecular weight excluding hydrogens is 326 g/mol. The van der Waals surface area contributed by atoms with Gasteiger partial charge in [-0.05, 0) is 44.9 Å². The number of carbonyl (C=O) groups is 3. The van der Waals surface area contributed by atoms with Crippen LogP contribution in [0.15, 0.2) is 0 Å². The molecule has 8 nitrogen and oxygen atoms in total. The highest BCUT2D eigenvalue weighted by Crippen LogP contribution is 2.42. The number of ether oxygens (including phenoxy) is 2. The van der Waals surface area contributed by atoms with Crippen LogP contribution in [0.5, 0.6) is 0 Å². The van der Waals surface area contributed by atoms with Crippen LogP contribution in [0.1, 0.15) is 39.0 Å². The van der Waals surface area contributed by atoms with Crippen molar-refractivity contribution in [2.24, 2.45) is 5.92 Å².